The molecular weight excluding hydrogens is 472 g/mol. The first-order valence-corrected chi connectivity index (χ1v) is 14.6. The second-order valence-electron chi connectivity index (χ2n) is 12.0. The lowest BCUT2D eigenvalue weighted by Gasteiger charge is -2.58. The zero-order valence-corrected chi connectivity index (χ0v) is 21.8. The Labute approximate surface area is 207 Å². The summed E-state index contributed by atoms with van der Waals surface area (Å²) in [6, 6.07) is 0. The molecular formula is C26H38O8S. The van der Waals surface area contributed by atoms with Crippen LogP contribution in [0.4, 0.5) is 0 Å². The van der Waals surface area contributed by atoms with Crippen molar-refractivity contribution in [1.29, 1.82) is 0 Å². The van der Waals surface area contributed by atoms with Crippen LogP contribution in [0, 0.1) is 46.3 Å². The lowest BCUT2D eigenvalue weighted by atomic mass is 9.44. The van der Waals surface area contributed by atoms with Crippen molar-refractivity contribution in [2.45, 2.75) is 78.6 Å². The zero-order chi connectivity index (χ0) is 25.8. The standard InChI is InChI=1S/C26H38O8S/c1-15(4-7-23(30)34-10-11-35(31,32)33)18-5-6-19-24-20(14-22(29)26(18,19)3)25(2)9-8-17(27)12-16(25)13-21(24)28/h15-16,18-20,24H,4-14H2,1-3H3,(H,31,32,33)/t15?,16-,18+,19-,20-,24-,25-,26+/m0/s1. The number of Topliss-reactive ketones (excluding diaryl/α,β-unsaturated/α-hetero) is 3. The summed E-state index contributed by atoms with van der Waals surface area (Å²) in [5.41, 5.74) is -0.738. The number of carbonyl (C=O) groups is 4. The Balaban J connectivity index is 1.45. The minimum Gasteiger partial charge on any atom is -0.464 e. The highest BCUT2D eigenvalue weighted by atomic mass is 32.2. The number of carbonyl (C=O) groups excluding carboxylic acids is 4. The number of ether oxygens (including phenoxy) is 1. The molecule has 0 spiro atoms. The van der Waals surface area contributed by atoms with Crippen LogP contribution in [0.2, 0.25) is 0 Å². The van der Waals surface area contributed by atoms with Crippen molar-refractivity contribution in [1.82, 2.24) is 0 Å². The Hall–Kier alpha value is -1.61. The molecule has 8 nitrogen and oxygen atoms in total. The van der Waals surface area contributed by atoms with Gasteiger partial charge in [0.2, 0.25) is 0 Å². The molecule has 0 aromatic heterocycles. The molecule has 0 heterocycles. The molecule has 0 saturated heterocycles. The van der Waals surface area contributed by atoms with Gasteiger partial charge in [-0.25, -0.2) is 0 Å². The van der Waals surface area contributed by atoms with Crippen LogP contribution in [0.5, 0.6) is 0 Å². The zero-order valence-electron chi connectivity index (χ0n) is 21.0. The fraction of sp³-hybridized carbons (Fsp3) is 0.846. The van der Waals surface area contributed by atoms with Crippen molar-refractivity contribution in [3.8, 4) is 0 Å². The van der Waals surface area contributed by atoms with Gasteiger partial charge in [0.15, 0.2) is 0 Å². The minimum absolute atomic E-state index is 0.00538. The van der Waals surface area contributed by atoms with Crippen molar-refractivity contribution in [3.05, 3.63) is 0 Å². The fourth-order valence-electron chi connectivity index (χ4n) is 8.27. The molecule has 0 amide bonds. The van der Waals surface area contributed by atoms with E-state index in [1.54, 1.807) is 0 Å². The van der Waals surface area contributed by atoms with Gasteiger partial charge in [0.05, 0.1) is 0 Å². The maximum absolute atomic E-state index is 13.8. The van der Waals surface area contributed by atoms with Gasteiger partial charge in [0.25, 0.3) is 10.1 Å². The van der Waals surface area contributed by atoms with Gasteiger partial charge in [0, 0.05) is 43.4 Å². The topological polar surface area (TPSA) is 132 Å². The van der Waals surface area contributed by atoms with Crippen molar-refractivity contribution < 1.29 is 36.9 Å². The van der Waals surface area contributed by atoms with Gasteiger partial charge in [0.1, 0.15) is 29.7 Å². The van der Waals surface area contributed by atoms with E-state index in [9.17, 15) is 27.6 Å². The minimum atomic E-state index is -4.18. The third-order valence-electron chi connectivity index (χ3n) is 10.3. The van der Waals surface area contributed by atoms with E-state index in [2.05, 4.69) is 6.92 Å². The van der Waals surface area contributed by atoms with Crippen LogP contribution < -0.4 is 0 Å². The SMILES string of the molecule is CC(CCC(=O)OCCS(=O)(=O)O)[C@H]1CC[C@H]2[C@@H]3C(=O)C[C@@H]4CC(=O)CC[C@]4(C)[C@H]3CC(=O)[C@]12C. The molecule has 196 valence electrons. The number of rotatable bonds is 7. The molecule has 4 saturated carbocycles. The summed E-state index contributed by atoms with van der Waals surface area (Å²) in [5, 5.41) is 0. The van der Waals surface area contributed by atoms with Crippen LogP contribution in [0.3, 0.4) is 0 Å². The molecule has 0 aromatic carbocycles. The van der Waals surface area contributed by atoms with Gasteiger partial charge >= 0.3 is 5.97 Å². The summed E-state index contributed by atoms with van der Waals surface area (Å²) in [4.78, 5) is 51.4. The van der Waals surface area contributed by atoms with Crippen LogP contribution in [-0.2, 0) is 34.0 Å². The van der Waals surface area contributed by atoms with E-state index in [4.69, 9.17) is 9.29 Å². The molecule has 8 atom stereocenters. The van der Waals surface area contributed by atoms with E-state index in [0.29, 0.717) is 32.1 Å². The summed E-state index contributed by atoms with van der Waals surface area (Å²) in [6.07, 6.45) is 4.88. The van der Waals surface area contributed by atoms with Crippen molar-refractivity contribution >= 4 is 33.4 Å². The average molecular weight is 511 g/mol. The van der Waals surface area contributed by atoms with E-state index in [1.807, 2.05) is 13.8 Å². The predicted octanol–water partition coefficient (Wildman–Crippen LogP) is 3.42. The normalized spacial score (nSPS) is 40.0. The fourth-order valence-corrected chi connectivity index (χ4v) is 8.56. The molecule has 0 aliphatic heterocycles. The molecule has 1 N–H and O–H groups in total. The summed E-state index contributed by atoms with van der Waals surface area (Å²) in [5.74, 6) is -0.396. The molecule has 0 bridgehead atoms. The quantitative estimate of drug-likeness (QED) is 0.407. The smallest absolute Gasteiger partial charge is 0.305 e. The molecule has 0 radical (unpaired) electrons. The van der Waals surface area contributed by atoms with Crippen molar-refractivity contribution in [2.24, 2.45) is 46.3 Å². The predicted molar refractivity (Wildman–Crippen MR) is 127 cm³/mol. The van der Waals surface area contributed by atoms with Crippen LogP contribution in [0.15, 0.2) is 0 Å². The third kappa shape index (κ3) is 4.75. The largest absolute Gasteiger partial charge is 0.464 e. The van der Waals surface area contributed by atoms with E-state index < -0.39 is 27.3 Å². The number of ketones is 3. The van der Waals surface area contributed by atoms with Crippen molar-refractivity contribution in [3.63, 3.8) is 0 Å². The molecule has 4 aliphatic carbocycles. The van der Waals surface area contributed by atoms with Gasteiger partial charge in [-0.1, -0.05) is 20.8 Å². The first-order chi connectivity index (χ1) is 16.3. The summed E-state index contributed by atoms with van der Waals surface area (Å²) >= 11 is 0. The first kappa shape index (κ1) is 26.5. The lowest BCUT2D eigenvalue weighted by molar-refractivity contribution is -0.166. The summed E-state index contributed by atoms with van der Waals surface area (Å²) in [7, 11) is -4.18. The lowest BCUT2D eigenvalue weighted by Crippen LogP contribution is -2.60. The van der Waals surface area contributed by atoms with Crippen LogP contribution in [0.25, 0.3) is 0 Å². The molecule has 0 aromatic rings. The van der Waals surface area contributed by atoms with E-state index in [1.165, 1.54) is 0 Å². The first-order valence-electron chi connectivity index (χ1n) is 13.0. The highest BCUT2D eigenvalue weighted by molar-refractivity contribution is 7.85. The van der Waals surface area contributed by atoms with E-state index in [-0.39, 0.29) is 71.3 Å². The molecule has 4 aliphatic rings. The van der Waals surface area contributed by atoms with Gasteiger partial charge < -0.3 is 4.74 Å². The van der Waals surface area contributed by atoms with Crippen molar-refractivity contribution in [2.75, 3.05) is 12.4 Å². The highest BCUT2D eigenvalue weighted by Crippen LogP contribution is 2.66. The molecule has 4 rings (SSSR count). The van der Waals surface area contributed by atoms with Gasteiger partial charge in [-0.15, -0.1) is 0 Å². The Morgan fingerprint density at radius 3 is 2.51 bits per heavy atom. The Morgan fingerprint density at radius 1 is 1.11 bits per heavy atom. The van der Waals surface area contributed by atoms with Gasteiger partial charge in [-0.05, 0) is 60.7 Å². The van der Waals surface area contributed by atoms with Crippen LogP contribution in [-0.4, -0.2) is 48.6 Å². The van der Waals surface area contributed by atoms with Crippen LogP contribution >= 0.6 is 0 Å². The average Bonchev–Trinajstić information content (AvgIpc) is 3.12. The maximum Gasteiger partial charge on any atom is 0.305 e. The summed E-state index contributed by atoms with van der Waals surface area (Å²) in [6.45, 7) is 5.88. The molecule has 1 unspecified atom stereocenters. The van der Waals surface area contributed by atoms with Gasteiger partial charge in [-0.2, -0.15) is 8.42 Å². The number of hydrogen-bond donors (Lipinski definition) is 1. The maximum atomic E-state index is 13.8. The monoisotopic (exact) mass is 510 g/mol. The second-order valence-corrected chi connectivity index (χ2v) is 13.5. The number of esters is 1. The second kappa shape index (κ2) is 9.36. The number of hydrogen-bond acceptors (Lipinski definition) is 7. The third-order valence-corrected chi connectivity index (χ3v) is 11.0. The van der Waals surface area contributed by atoms with Gasteiger partial charge in [-0.3, -0.25) is 23.7 Å². The molecule has 35 heavy (non-hydrogen) atoms. The number of fused-ring (bicyclic) bond motifs is 5. The molecule has 4 fully saturated rings. The summed E-state index contributed by atoms with van der Waals surface area (Å²) < 4.78 is 35.2. The Kier molecular flexibility index (Phi) is 7.07. The van der Waals surface area contributed by atoms with E-state index in [0.717, 1.165) is 19.3 Å². The molecule has 9 heteroatoms. The Morgan fingerprint density at radius 2 is 1.83 bits per heavy atom. The highest BCUT2D eigenvalue weighted by Gasteiger charge is 2.66. The van der Waals surface area contributed by atoms with E-state index >= 15 is 0 Å². The Bertz CT molecular complexity index is 1020. The van der Waals surface area contributed by atoms with Crippen LogP contribution in [0.1, 0.15) is 78.6 Å².